The monoisotopic (exact) mass is 322 g/mol. The molecule has 24 heavy (non-hydrogen) atoms. The molecule has 0 aliphatic carbocycles. The Morgan fingerprint density at radius 1 is 1.17 bits per heavy atom. The van der Waals surface area contributed by atoms with E-state index in [0.717, 1.165) is 16.8 Å². The van der Waals surface area contributed by atoms with Crippen LogP contribution in [0.5, 0.6) is 5.75 Å². The van der Waals surface area contributed by atoms with Gasteiger partial charge in [-0.05, 0) is 37.6 Å². The summed E-state index contributed by atoms with van der Waals surface area (Å²) in [6, 6.07) is 12.8. The van der Waals surface area contributed by atoms with Crippen LogP contribution in [0.3, 0.4) is 0 Å². The molecule has 1 amide bonds. The Kier molecular flexibility index (Phi) is 4.08. The Hall–Kier alpha value is -3.08. The van der Waals surface area contributed by atoms with Crippen molar-refractivity contribution in [2.75, 3.05) is 12.4 Å². The Morgan fingerprint density at radius 3 is 2.67 bits per heavy atom. The smallest absolute Gasteiger partial charge is 0.261 e. The molecule has 0 fully saturated rings. The van der Waals surface area contributed by atoms with Crippen molar-refractivity contribution in [1.29, 1.82) is 5.41 Å². The highest BCUT2D eigenvalue weighted by molar-refractivity contribution is 6.05. The molecule has 0 atom stereocenters. The van der Waals surface area contributed by atoms with E-state index in [2.05, 4.69) is 5.32 Å². The maximum absolute atomic E-state index is 12.5. The van der Waals surface area contributed by atoms with Crippen molar-refractivity contribution in [1.82, 2.24) is 0 Å². The molecule has 5 heteroatoms. The van der Waals surface area contributed by atoms with E-state index >= 15 is 0 Å². The van der Waals surface area contributed by atoms with Gasteiger partial charge >= 0.3 is 0 Å². The number of hydrogen-bond acceptors (Lipinski definition) is 4. The maximum atomic E-state index is 12.5. The normalized spacial score (nSPS) is 10.6. The summed E-state index contributed by atoms with van der Waals surface area (Å²) in [6.45, 7) is 3.93. The van der Waals surface area contributed by atoms with Gasteiger partial charge in [-0.25, -0.2) is 0 Å². The summed E-state index contributed by atoms with van der Waals surface area (Å²) in [5, 5.41) is 11.6. The SMILES string of the molecule is COc1cccc2cc(C(=O)Nc3ccc(C)cc3C)c(=N)oc12. The largest absolute Gasteiger partial charge is 0.493 e. The molecule has 3 rings (SSSR count). The lowest BCUT2D eigenvalue weighted by Gasteiger charge is -2.10. The number of rotatable bonds is 3. The fourth-order valence-corrected chi connectivity index (χ4v) is 2.61. The lowest BCUT2D eigenvalue weighted by molar-refractivity contribution is 0.102. The van der Waals surface area contributed by atoms with Gasteiger partial charge in [0.05, 0.1) is 7.11 Å². The van der Waals surface area contributed by atoms with E-state index in [-0.39, 0.29) is 17.0 Å². The number of fused-ring (bicyclic) bond motifs is 1. The highest BCUT2D eigenvalue weighted by Crippen LogP contribution is 2.25. The van der Waals surface area contributed by atoms with E-state index in [1.54, 1.807) is 12.1 Å². The number of para-hydroxylation sites is 1. The number of hydrogen-bond donors (Lipinski definition) is 2. The first-order valence-electron chi connectivity index (χ1n) is 7.53. The summed E-state index contributed by atoms with van der Waals surface area (Å²) in [5.41, 5.74) is 3.24. The van der Waals surface area contributed by atoms with E-state index < -0.39 is 0 Å². The highest BCUT2D eigenvalue weighted by atomic mass is 16.5. The molecular formula is C19H18N2O3. The Balaban J connectivity index is 2.01. The van der Waals surface area contributed by atoms with E-state index in [1.165, 1.54) is 7.11 Å². The van der Waals surface area contributed by atoms with Crippen LogP contribution in [0, 0.1) is 19.3 Å². The number of nitrogens with one attached hydrogen (secondary N) is 2. The predicted molar refractivity (Wildman–Crippen MR) is 92.5 cm³/mol. The van der Waals surface area contributed by atoms with E-state index in [9.17, 15) is 4.79 Å². The molecule has 0 saturated carbocycles. The average Bonchev–Trinajstić information content (AvgIpc) is 2.56. The minimum Gasteiger partial charge on any atom is -0.493 e. The summed E-state index contributed by atoms with van der Waals surface area (Å²) in [6.07, 6.45) is 0. The molecule has 3 aromatic rings. The number of methoxy groups -OCH3 is 1. The third-order valence-electron chi connectivity index (χ3n) is 3.85. The van der Waals surface area contributed by atoms with Crippen LogP contribution < -0.4 is 15.6 Å². The molecule has 0 bridgehead atoms. The van der Waals surface area contributed by atoms with Crippen molar-refractivity contribution in [2.24, 2.45) is 0 Å². The van der Waals surface area contributed by atoms with Gasteiger partial charge in [0.2, 0.25) is 5.55 Å². The van der Waals surface area contributed by atoms with E-state index in [1.807, 2.05) is 44.2 Å². The molecular weight excluding hydrogens is 304 g/mol. The van der Waals surface area contributed by atoms with E-state index in [0.29, 0.717) is 16.7 Å². The number of aryl methyl sites for hydroxylation is 2. The van der Waals surface area contributed by atoms with Crippen LogP contribution in [-0.4, -0.2) is 13.0 Å². The van der Waals surface area contributed by atoms with Crippen LogP contribution in [0.4, 0.5) is 5.69 Å². The topological polar surface area (TPSA) is 75.3 Å². The van der Waals surface area contributed by atoms with Crippen molar-refractivity contribution in [3.8, 4) is 5.75 Å². The molecule has 5 nitrogen and oxygen atoms in total. The first kappa shape index (κ1) is 15.8. The van der Waals surface area contributed by atoms with Crippen molar-refractivity contribution >= 4 is 22.6 Å². The fourth-order valence-electron chi connectivity index (χ4n) is 2.61. The average molecular weight is 322 g/mol. The van der Waals surface area contributed by atoms with Gasteiger partial charge in [0.25, 0.3) is 5.91 Å². The van der Waals surface area contributed by atoms with Gasteiger partial charge in [-0.2, -0.15) is 0 Å². The Morgan fingerprint density at radius 2 is 1.96 bits per heavy atom. The number of amides is 1. The second-order valence-corrected chi connectivity index (χ2v) is 5.64. The summed E-state index contributed by atoms with van der Waals surface area (Å²) >= 11 is 0. The Bertz CT molecular complexity index is 990. The molecule has 0 radical (unpaired) electrons. The highest BCUT2D eigenvalue weighted by Gasteiger charge is 2.14. The summed E-state index contributed by atoms with van der Waals surface area (Å²) < 4.78 is 10.7. The zero-order valence-corrected chi connectivity index (χ0v) is 13.8. The quantitative estimate of drug-likeness (QED) is 0.770. The fraction of sp³-hybridized carbons (Fsp3) is 0.158. The van der Waals surface area contributed by atoms with Gasteiger partial charge < -0.3 is 14.5 Å². The third-order valence-corrected chi connectivity index (χ3v) is 3.85. The van der Waals surface area contributed by atoms with Gasteiger partial charge in [0.1, 0.15) is 5.56 Å². The second kappa shape index (κ2) is 6.20. The maximum Gasteiger partial charge on any atom is 0.261 e. The van der Waals surface area contributed by atoms with Crippen LogP contribution >= 0.6 is 0 Å². The van der Waals surface area contributed by atoms with Crippen LogP contribution in [0.2, 0.25) is 0 Å². The van der Waals surface area contributed by atoms with Crippen LogP contribution in [0.1, 0.15) is 21.5 Å². The first-order valence-corrected chi connectivity index (χ1v) is 7.53. The second-order valence-electron chi connectivity index (χ2n) is 5.64. The molecule has 2 aromatic carbocycles. The molecule has 1 aromatic heterocycles. The standard InChI is InChI=1S/C19H18N2O3/c1-11-7-8-15(12(2)9-11)21-19(22)14-10-13-5-4-6-16(23-3)17(13)24-18(14)20/h4-10,20H,1-3H3,(H,21,22). The van der Waals surface area contributed by atoms with E-state index in [4.69, 9.17) is 14.6 Å². The van der Waals surface area contributed by atoms with Gasteiger partial charge in [-0.3, -0.25) is 10.2 Å². The summed E-state index contributed by atoms with van der Waals surface area (Å²) in [4.78, 5) is 12.5. The van der Waals surface area contributed by atoms with Crippen LogP contribution in [0.25, 0.3) is 11.0 Å². The third kappa shape index (κ3) is 2.88. The molecule has 1 heterocycles. The number of carbonyl (C=O) groups is 1. The number of benzene rings is 2. The van der Waals surface area contributed by atoms with Crippen molar-refractivity contribution in [2.45, 2.75) is 13.8 Å². The summed E-state index contributed by atoms with van der Waals surface area (Å²) in [5.74, 6) is 0.155. The molecule has 0 aliphatic rings. The van der Waals surface area contributed by atoms with Crippen LogP contribution in [-0.2, 0) is 0 Å². The molecule has 0 aliphatic heterocycles. The van der Waals surface area contributed by atoms with Crippen molar-refractivity contribution in [3.63, 3.8) is 0 Å². The molecule has 2 N–H and O–H groups in total. The minimum atomic E-state index is -0.375. The number of ether oxygens (including phenoxy) is 1. The molecule has 0 spiro atoms. The summed E-state index contributed by atoms with van der Waals surface area (Å²) in [7, 11) is 1.54. The Labute approximate surface area is 139 Å². The zero-order valence-electron chi connectivity index (χ0n) is 13.8. The van der Waals surface area contributed by atoms with Gasteiger partial charge in [-0.15, -0.1) is 0 Å². The van der Waals surface area contributed by atoms with Crippen molar-refractivity contribution in [3.05, 3.63) is 64.7 Å². The minimum absolute atomic E-state index is 0.177. The van der Waals surface area contributed by atoms with Gasteiger partial charge in [0.15, 0.2) is 11.3 Å². The zero-order chi connectivity index (χ0) is 17.3. The molecule has 0 unspecified atom stereocenters. The van der Waals surface area contributed by atoms with Gasteiger partial charge in [0, 0.05) is 11.1 Å². The van der Waals surface area contributed by atoms with Crippen LogP contribution in [0.15, 0.2) is 46.9 Å². The van der Waals surface area contributed by atoms with Gasteiger partial charge in [-0.1, -0.05) is 29.8 Å². The van der Waals surface area contributed by atoms with Crippen molar-refractivity contribution < 1.29 is 13.9 Å². The first-order chi connectivity index (χ1) is 11.5. The number of carbonyl (C=O) groups excluding carboxylic acids is 1. The lowest BCUT2D eigenvalue weighted by Crippen LogP contribution is -2.21. The lowest BCUT2D eigenvalue weighted by atomic mass is 10.1. The molecule has 122 valence electrons. The number of anilines is 1. The predicted octanol–water partition coefficient (Wildman–Crippen LogP) is 3.79. The molecule has 0 saturated heterocycles.